The monoisotopic (exact) mass is 416 g/mol. The number of rotatable bonds is 19. The molecule has 0 aromatic carbocycles. The molecule has 168 valence electrons. The van der Waals surface area contributed by atoms with Crippen LogP contribution in [0, 0.1) is 0 Å². The molecule has 0 atom stereocenters. The van der Waals surface area contributed by atoms with Crippen molar-refractivity contribution in [1.29, 1.82) is 0 Å². The van der Waals surface area contributed by atoms with Gasteiger partial charge in [-0.1, -0.05) is 79.8 Å². The van der Waals surface area contributed by atoms with Crippen LogP contribution in [0.2, 0.25) is 0 Å². The molecule has 0 rings (SSSR count). The number of esters is 1. The Morgan fingerprint density at radius 2 is 1.13 bits per heavy atom. The van der Waals surface area contributed by atoms with Gasteiger partial charge < -0.3 is 14.6 Å². The van der Waals surface area contributed by atoms with Crippen molar-refractivity contribution in [2.24, 2.45) is 0 Å². The Morgan fingerprint density at radius 3 is 1.60 bits per heavy atom. The van der Waals surface area contributed by atoms with E-state index in [4.69, 9.17) is 14.6 Å². The average Bonchev–Trinajstić information content (AvgIpc) is 2.75. The van der Waals surface area contributed by atoms with E-state index in [1.165, 1.54) is 0 Å². The molecule has 0 amide bonds. The lowest BCUT2D eigenvalue weighted by Gasteiger charge is -2.04. The fourth-order valence-corrected chi connectivity index (χ4v) is 2.29. The molecule has 0 aromatic rings. The number of aliphatic hydroxyl groups excluding tert-OH is 1. The Bertz CT molecular complexity index is 553. The van der Waals surface area contributed by atoms with Gasteiger partial charge in [0.25, 0.3) is 0 Å². The zero-order valence-corrected chi connectivity index (χ0v) is 18.6. The van der Waals surface area contributed by atoms with E-state index >= 15 is 0 Å². The summed E-state index contributed by atoms with van der Waals surface area (Å²) in [5.41, 5.74) is 0. The highest BCUT2D eigenvalue weighted by molar-refractivity contribution is 5.69. The zero-order valence-electron chi connectivity index (χ0n) is 18.6. The van der Waals surface area contributed by atoms with E-state index in [1.54, 1.807) is 0 Å². The van der Waals surface area contributed by atoms with Crippen LogP contribution in [0.15, 0.2) is 72.9 Å². The first-order valence-corrected chi connectivity index (χ1v) is 11.1. The maximum absolute atomic E-state index is 11.5. The highest BCUT2D eigenvalue weighted by Gasteiger charge is 2.00. The van der Waals surface area contributed by atoms with E-state index < -0.39 is 0 Å². The average molecular weight is 417 g/mol. The van der Waals surface area contributed by atoms with Gasteiger partial charge in [-0.15, -0.1) is 0 Å². The second-order valence-corrected chi connectivity index (χ2v) is 6.51. The van der Waals surface area contributed by atoms with Crippen molar-refractivity contribution >= 4 is 5.97 Å². The van der Waals surface area contributed by atoms with E-state index in [9.17, 15) is 4.79 Å². The summed E-state index contributed by atoms with van der Waals surface area (Å²) in [7, 11) is 0. The quantitative estimate of drug-likeness (QED) is 0.159. The van der Waals surface area contributed by atoms with Crippen LogP contribution in [-0.2, 0) is 14.3 Å². The molecular formula is C26H40O4. The lowest BCUT2D eigenvalue weighted by Crippen LogP contribution is -2.11. The summed E-state index contributed by atoms with van der Waals surface area (Å²) in [4.78, 5) is 11.5. The summed E-state index contributed by atoms with van der Waals surface area (Å²) in [6, 6.07) is 0. The van der Waals surface area contributed by atoms with Crippen LogP contribution in [-0.4, -0.2) is 37.5 Å². The number of ether oxygens (including phenoxy) is 2. The summed E-state index contributed by atoms with van der Waals surface area (Å²) >= 11 is 0. The Labute approximate surface area is 183 Å². The van der Waals surface area contributed by atoms with Crippen molar-refractivity contribution in [1.82, 2.24) is 0 Å². The number of carbonyl (C=O) groups is 1. The molecule has 30 heavy (non-hydrogen) atoms. The number of carbonyl (C=O) groups excluding carboxylic acids is 1. The van der Waals surface area contributed by atoms with Crippen LogP contribution in [0.3, 0.4) is 0 Å². The van der Waals surface area contributed by atoms with Gasteiger partial charge in [0.05, 0.1) is 19.8 Å². The largest absolute Gasteiger partial charge is 0.463 e. The van der Waals surface area contributed by atoms with Crippen molar-refractivity contribution in [3.05, 3.63) is 72.9 Å². The molecule has 0 saturated carbocycles. The number of allylic oxidation sites excluding steroid dienone is 12. The molecule has 1 N–H and O–H groups in total. The third kappa shape index (κ3) is 23.9. The molecule has 0 radical (unpaired) electrons. The fourth-order valence-electron chi connectivity index (χ4n) is 2.29. The van der Waals surface area contributed by atoms with E-state index in [2.05, 4.69) is 73.8 Å². The Balaban J connectivity index is 3.53. The van der Waals surface area contributed by atoms with Gasteiger partial charge in [-0.2, -0.15) is 0 Å². The molecule has 4 nitrogen and oxygen atoms in total. The number of hydrogen-bond acceptors (Lipinski definition) is 4. The minimum Gasteiger partial charge on any atom is -0.463 e. The van der Waals surface area contributed by atoms with E-state index in [-0.39, 0.29) is 25.8 Å². The normalized spacial score (nSPS) is 12.7. The molecular weight excluding hydrogens is 376 g/mol. The van der Waals surface area contributed by atoms with Crippen molar-refractivity contribution in [2.45, 2.75) is 58.3 Å². The van der Waals surface area contributed by atoms with Gasteiger partial charge in [0, 0.05) is 6.42 Å². The maximum atomic E-state index is 11.5. The van der Waals surface area contributed by atoms with Crippen LogP contribution >= 0.6 is 0 Å². The maximum Gasteiger partial charge on any atom is 0.306 e. The van der Waals surface area contributed by atoms with Crippen molar-refractivity contribution in [2.75, 3.05) is 26.4 Å². The highest BCUT2D eigenvalue weighted by Crippen LogP contribution is 1.98. The molecule has 0 fully saturated rings. The third-order valence-corrected chi connectivity index (χ3v) is 3.84. The molecule has 0 unspecified atom stereocenters. The Morgan fingerprint density at radius 1 is 0.667 bits per heavy atom. The second-order valence-electron chi connectivity index (χ2n) is 6.51. The van der Waals surface area contributed by atoms with Crippen molar-refractivity contribution in [3.8, 4) is 0 Å². The minimum atomic E-state index is -0.220. The zero-order chi connectivity index (χ0) is 22.0. The Kier molecular flexibility index (Phi) is 23.1. The van der Waals surface area contributed by atoms with Gasteiger partial charge in [-0.3, -0.25) is 4.79 Å². The SMILES string of the molecule is CC/C=C\C/C=C\C/C=C\C/C=C\C/C=C\C/C=C\CCC(=O)OCCOCCO. The van der Waals surface area contributed by atoms with Crippen molar-refractivity contribution < 1.29 is 19.4 Å². The van der Waals surface area contributed by atoms with Crippen LogP contribution < -0.4 is 0 Å². The Hall–Kier alpha value is -2.17. The van der Waals surface area contributed by atoms with E-state index in [1.807, 2.05) is 6.08 Å². The predicted molar refractivity (Wildman–Crippen MR) is 126 cm³/mol. The predicted octanol–water partition coefficient (Wildman–Crippen LogP) is 6.02. The van der Waals surface area contributed by atoms with Crippen LogP contribution in [0.1, 0.15) is 58.3 Å². The summed E-state index contributed by atoms with van der Waals surface area (Å²) in [6.07, 6.45) is 32.9. The first-order valence-electron chi connectivity index (χ1n) is 11.1. The molecule has 0 aliphatic rings. The molecule has 0 aliphatic carbocycles. The fraction of sp³-hybridized carbons (Fsp3) is 0.500. The van der Waals surface area contributed by atoms with E-state index in [0.717, 1.165) is 38.5 Å². The van der Waals surface area contributed by atoms with Crippen LogP contribution in [0.25, 0.3) is 0 Å². The lowest BCUT2D eigenvalue weighted by atomic mass is 10.2. The molecule has 0 aliphatic heterocycles. The molecule has 0 aromatic heterocycles. The van der Waals surface area contributed by atoms with Gasteiger partial charge in [-0.05, 0) is 44.9 Å². The first-order chi connectivity index (χ1) is 14.8. The summed E-state index contributed by atoms with van der Waals surface area (Å²) < 4.78 is 10.0. The van der Waals surface area contributed by atoms with Crippen molar-refractivity contribution in [3.63, 3.8) is 0 Å². The standard InChI is InChI=1S/C26H40O4/c1-2-3-4-5-6-7-8-9-10-11-12-13-14-15-16-17-18-19-20-21-26(28)30-25-24-29-23-22-27/h3-4,6-7,9-10,12-13,15-16,18-19,27H,2,5,8,11,14,17,20-25H2,1H3/b4-3-,7-6-,10-9-,13-12-,16-15-,19-18-. The molecule has 0 spiro atoms. The number of aliphatic hydroxyl groups is 1. The molecule has 4 heteroatoms. The van der Waals surface area contributed by atoms with Crippen LogP contribution in [0.4, 0.5) is 0 Å². The topological polar surface area (TPSA) is 55.8 Å². The smallest absolute Gasteiger partial charge is 0.306 e. The summed E-state index contributed by atoms with van der Waals surface area (Å²) in [5, 5.41) is 8.55. The third-order valence-electron chi connectivity index (χ3n) is 3.84. The summed E-state index contributed by atoms with van der Waals surface area (Å²) in [6.45, 7) is 2.97. The van der Waals surface area contributed by atoms with Gasteiger partial charge in [-0.25, -0.2) is 0 Å². The minimum absolute atomic E-state index is 0.0172. The number of hydrogen-bond donors (Lipinski definition) is 1. The first kappa shape index (κ1) is 27.8. The molecule has 0 bridgehead atoms. The van der Waals surface area contributed by atoms with Crippen LogP contribution in [0.5, 0.6) is 0 Å². The highest BCUT2D eigenvalue weighted by atomic mass is 16.6. The van der Waals surface area contributed by atoms with Gasteiger partial charge in [0.2, 0.25) is 0 Å². The lowest BCUT2D eigenvalue weighted by molar-refractivity contribution is -0.145. The van der Waals surface area contributed by atoms with Gasteiger partial charge >= 0.3 is 5.97 Å². The van der Waals surface area contributed by atoms with E-state index in [0.29, 0.717) is 19.4 Å². The van der Waals surface area contributed by atoms with Gasteiger partial charge in [0.15, 0.2) is 0 Å². The summed E-state index contributed by atoms with van der Waals surface area (Å²) in [5.74, 6) is -0.220. The van der Waals surface area contributed by atoms with Gasteiger partial charge in [0.1, 0.15) is 6.61 Å². The molecule has 0 heterocycles. The molecule has 0 saturated heterocycles. The second kappa shape index (κ2) is 24.9.